The van der Waals surface area contributed by atoms with Crippen LogP contribution in [0.4, 0.5) is 0 Å². The van der Waals surface area contributed by atoms with Gasteiger partial charge in [-0.15, -0.1) is 11.3 Å². The van der Waals surface area contributed by atoms with Crippen molar-refractivity contribution in [3.8, 4) is 0 Å². The Morgan fingerprint density at radius 1 is 1.08 bits per heavy atom. The Kier molecular flexibility index (Phi) is 6.41. The van der Waals surface area contributed by atoms with E-state index in [1.54, 1.807) is 25.5 Å². The quantitative estimate of drug-likeness (QED) is 0.354. The maximum Gasteiger partial charge on any atom is 0.312 e. The summed E-state index contributed by atoms with van der Waals surface area (Å²) in [7, 11) is 0. The molecule has 0 saturated heterocycles. The van der Waals surface area contributed by atoms with Gasteiger partial charge in [0.25, 0.3) is 0 Å². The first-order valence-electron chi connectivity index (χ1n) is 11.8. The van der Waals surface area contributed by atoms with Crippen LogP contribution in [-0.4, -0.2) is 21.7 Å². The van der Waals surface area contributed by atoms with Crippen molar-refractivity contribution in [3.05, 3.63) is 107 Å². The van der Waals surface area contributed by atoms with Gasteiger partial charge in [0, 0.05) is 41.2 Å². The largest absolute Gasteiger partial charge is 0.460 e. The highest BCUT2D eigenvalue weighted by molar-refractivity contribution is 7.16. The maximum absolute atomic E-state index is 14.0. The second kappa shape index (κ2) is 9.66. The van der Waals surface area contributed by atoms with E-state index in [1.165, 1.54) is 11.3 Å². The third-order valence-corrected chi connectivity index (χ3v) is 7.87. The van der Waals surface area contributed by atoms with E-state index in [1.807, 2.05) is 73.8 Å². The molecule has 182 valence electrons. The summed E-state index contributed by atoms with van der Waals surface area (Å²) in [6, 6.07) is 17.3. The summed E-state index contributed by atoms with van der Waals surface area (Å²) in [6.07, 6.45) is 5.22. The van der Waals surface area contributed by atoms with Gasteiger partial charge in [0.2, 0.25) is 0 Å². The van der Waals surface area contributed by atoms with Crippen LogP contribution in [0.3, 0.4) is 0 Å². The molecule has 0 spiro atoms. The van der Waals surface area contributed by atoms with Gasteiger partial charge >= 0.3 is 5.97 Å². The van der Waals surface area contributed by atoms with E-state index in [9.17, 15) is 9.59 Å². The molecule has 0 bridgehead atoms. The van der Waals surface area contributed by atoms with Crippen LogP contribution >= 0.6 is 11.3 Å². The number of benzene rings is 1. The molecule has 1 aromatic carbocycles. The number of fused-ring (bicyclic) bond motifs is 1. The number of Topliss-reactive ketones (excluding diaryl/α,β-unsaturated/α-hetero) is 1. The summed E-state index contributed by atoms with van der Waals surface area (Å²) in [5.41, 5.74) is 3.11. The Hall–Kier alpha value is -3.84. The number of carbonyl (C=O) groups excluding carboxylic acids is 2. The molecule has 1 N–H and O–H groups in total. The fourth-order valence-electron chi connectivity index (χ4n) is 5.33. The highest BCUT2D eigenvalue weighted by atomic mass is 32.1. The van der Waals surface area contributed by atoms with Crippen molar-refractivity contribution >= 4 is 33.3 Å². The zero-order valence-electron chi connectivity index (χ0n) is 20.4. The zero-order chi connectivity index (χ0) is 25.3. The number of allylic oxidation sites excluding steroid dienone is 2. The Balaban J connectivity index is 1.69. The fourth-order valence-corrected chi connectivity index (χ4v) is 6.27. The standard InChI is InChI=1S/C29H27N3O3S/c1-18-24(19(2)33)25(23-17-36-27-22(23)12-8-14-31-27)26(28(34)35-16-20-9-5-4-6-10-20)29(3,32-18)21-11-7-13-30-15-21/h4-15,17,25-26,32H,16H2,1-3H3. The molecular formula is C29H27N3O3S. The SMILES string of the molecule is CC(=O)C1=C(C)NC(C)(c2cccnc2)C(C(=O)OCc2ccccc2)C1c1csc2ncccc12. The lowest BCUT2D eigenvalue weighted by molar-refractivity contribution is -0.154. The predicted molar refractivity (Wildman–Crippen MR) is 140 cm³/mol. The first-order valence-corrected chi connectivity index (χ1v) is 12.7. The van der Waals surface area contributed by atoms with Crippen molar-refractivity contribution in [3.63, 3.8) is 0 Å². The van der Waals surface area contributed by atoms with Crippen LogP contribution in [0.5, 0.6) is 0 Å². The highest BCUT2D eigenvalue weighted by Crippen LogP contribution is 2.50. The summed E-state index contributed by atoms with van der Waals surface area (Å²) in [5.74, 6) is -1.71. The number of ether oxygens (including phenoxy) is 1. The molecule has 0 radical (unpaired) electrons. The molecule has 1 aliphatic rings. The van der Waals surface area contributed by atoms with Crippen molar-refractivity contribution < 1.29 is 14.3 Å². The van der Waals surface area contributed by atoms with Gasteiger partial charge in [-0.3, -0.25) is 14.6 Å². The van der Waals surface area contributed by atoms with E-state index in [4.69, 9.17) is 4.74 Å². The Bertz CT molecular complexity index is 1450. The van der Waals surface area contributed by atoms with E-state index < -0.39 is 17.4 Å². The van der Waals surface area contributed by atoms with Gasteiger partial charge in [-0.1, -0.05) is 42.5 Å². The van der Waals surface area contributed by atoms with Crippen molar-refractivity contribution in [1.29, 1.82) is 0 Å². The lowest BCUT2D eigenvalue weighted by Gasteiger charge is -2.47. The molecule has 7 heteroatoms. The topological polar surface area (TPSA) is 81.2 Å². The van der Waals surface area contributed by atoms with E-state index in [2.05, 4.69) is 15.3 Å². The van der Waals surface area contributed by atoms with Gasteiger partial charge in [0.1, 0.15) is 11.4 Å². The van der Waals surface area contributed by atoms with Crippen LogP contribution in [0.1, 0.15) is 43.4 Å². The van der Waals surface area contributed by atoms with Crippen molar-refractivity contribution in [2.24, 2.45) is 5.92 Å². The lowest BCUT2D eigenvalue weighted by atomic mass is 9.64. The number of ketones is 1. The number of carbonyl (C=O) groups is 2. The lowest BCUT2D eigenvalue weighted by Crippen LogP contribution is -2.55. The molecule has 4 heterocycles. The van der Waals surface area contributed by atoms with E-state index in [0.717, 1.165) is 32.6 Å². The van der Waals surface area contributed by atoms with Gasteiger partial charge in [-0.2, -0.15) is 0 Å². The average Bonchev–Trinajstić information content (AvgIpc) is 3.32. The number of thiophene rings is 1. The van der Waals surface area contributed by atoms with Gasteiger partial charge in [0.15, 0.2) is 5.78 Å². The average molecular weight is 498 g/mol. The van der Waals surface area contributed by atoms with Gasteiger partial charge in [-0.05, 0) is 55.0 Å². The number of hydrogen-bond acceptors (Lipinski definition) is 7. The second-order valence-corrected chi connectivity index (χ2v) is 10.1. The molecule has 1 aliphatic heterocycles. The fraction of sp³-hybridized carbons (Fsp3) is 0.241. The van der Waals surface area contributed by atoms with Crippen molar-refractivity contribution in [2.75, 3.05) is 0 Å². The molecule has 36 heavy (non-hydrogen) atoms. The summed E-state index contributed by atoms with van der Waals surface area (Å²) >= 11 is 1.51. The van der Waals surface area contributed by atoms with Crippen molar-refractivity contribution in [1.82, 2.24) is 15.3 Å². The minimum Gasteiger partial charge on any atom is -0.460 e. The molecule has 6 nitrogen and oxygen atoms in total. The van der Waals surface area contributed by atoms with Gasteiger partial charge < -0.3 is 10.1 Å². The Labute approximate surface area is 214 Å². The van der Waals surface area contributed by atoms with Crippen LogP contribution in [0.25, 0.3) is 10.2 Å². The maximum atomic E-state index is 14.0. The number of nitrogens with zero attached hydrogens (tertiary/aromatic N) is 2. The summed E-state index contributed by atoms with van der Waals surface area (Å²) in [4.78, 5) is 36.8. The number of pyridine rings is 2. The molecule has 3 atom stereocenters. The second-order valence-electron chi connectivity index (χ2n) is 9.26. The summed E-state index contributed by atoms with van der Waals surface area (Å²) in [6.45, 7) is 5.59. The third-order valence-electron chi connectivity index (χ3n) is 6.95. The van der Waals surface area contributed by atoms with Crippen LogP contribution in [0.15, 0.2) is 89.8 Å². The molecule has 3 unspecified atom stereocenters. The van der Waals surface area contributed by atoms with E-state index >= 15 is 0 Å². The zero-order valence-corrected chi connectivity index (χ0v) is 21.2. The minimum absolute atomic E-state index is 0.0812. The minimum atomic E-state index is -0.869. The summed E-state index contributed by atoms with van der Waals surface area (Å²) in [5, 5.41) is 6.47. The van der Waals surface area contributed by atoms with Crippen LogP contribution in [0, 0.1) is 5.92 Å². The monoisotopic (exact) mass is 497 g/mol. The highest BCUT2D eigenvalue weighted by Gasteiger charge is 2.53. The van der Waals surface area contributed by atoms with Gasteiger partial charge in [0.05, 0.1) is 11.5 Å². The van der Waals surface area contributed by atoms with Crippen molar-refractivity contribution in [2.45, 2.75) is 38.8 Å². The number of esters is 1. The Morgan fingerprint density at radius 3 is 2.58 bits per heavy atom. The smallest absolute Gasteiger partial charge is 0.312 e. The van der Waals surface area contributed by atoms with Crippen LogP contribution in [-0.2, 0) is 26.5 Å². The number of aromatic nitrogens is 2. The molecule has 3 aromatic heterocycles. The van der Waals surface area contributed by atoms with E-state index in [-0.39, 0.29) is 18.4 Å². The number of nitrogens with one attached hydrogen (secondary N) is 1. The van der Waals surface area contributed by atoms with Crippen LogP contribution in [0.2, 0.25) is 0 Å². The molecule has 5 rings (SSSR count). The first kappa shape index (κ1) is 23.9. The molecule has 0 saturated carbocycles. The first-order chi connectivity index (χ1) is 17.4. The third kappa shape index (κ3) is 4.20. The molecular weight excluding hydrogens is 470 g/mol. The van der Waals surface area contributed by atoms with E-state index in [0.29, 0.717) is 5.57 Å². The summed E-state index contributed by atoms with van der Waals surface area (Å²) < 4.78 is 5.94. The predicted octanol–water partition coefficient (Wildman–Crippen LogP) is 5.52. The molecule has 0 amide bonds. The number of rotatable bonds is 6. The Morgan fingerprint density at radius 2 is 1.86 bits per heavy atom. The molecule has 0 aliphatic carbocycles. The molecule has 4 aromatic rings. The van der Waals surface area contributed by atoms with Crippen LogP contribution < -0.4 is 5.32 Å². The van der Waals surface area contributed by atoms with Gasteiger partial charge in [-0.25, -0.2) is 4.98 Å². The normalized spacial score (nSPS) is 21.8. The molecule has 0 fully saturated rings. The number of hydrogen-bond donors (Lipinski definition) is 1.